The Labute approximate surface area is 150 Å². The number of benzene rings is 1. The lowest BCUT2D eigenvalue weighted by Gasteiger charge is -2.16. The van der Waals surface area contributed by atoms with Crippen LogP contribution in [0.5, 0.6) is 0 Å². The molecule has 1 N–H and O–H groups in total. The second kappa shape index (κ2) is 6.83. The smallest absolute Gasteiger partial charge is 0.358 e. The minimum Gasteiger partial charge on any atom is -0.358 e. The Hall–Kier alpha value is -3.42. The van der Waals surface area contributed by atoms with E-state index in [4.69, 9.17) is 0 Å². The van der Waals surface area contributed by atoms with Crippen LogP contribution in [0.1, 0.15) is 11.1 Å². The summed E-state index contributed by atoms with van der Waals surface area (Å²) in [5.74, 6) is -0.285. The van der Waals surface area contributed by atoms with Gasteiger partial charge in [-0.05, 0) is 42.0 Å². The van der Waals surface area contributed by atoms with Gasteiger partial charge in [-0.25, -0.2) is 0 Å². The van der Waals surface area contributed by atoms with E-state index in [1.165, 1.54) is 9.30 Å². The quantitative estimate of drug-likeness (QED) is 0.562. The molecule has 0 aliphatic rings. The van der Waals surface area contributed by atoms with Crippen molar-refractivity contribution in [3.8, 4) is 0 Å². The zero-order valence-electron chi connectivity index (χ0n) is 14.8. The number of nitrogens with one attached hydrogen (secondary N) is 1. The van der Waals surface area contributed by atoms with Gasteiger partial charge < -0.3 is 20.3 Å². The molecule has 0 bridgehead atoms. The van der Waals surface area contributed by atoms with Gasteiger partial charge in [-0.2, -0.15) is 9.38 Å². The summed E-state index contributed by atoms with van der Waals surface area (Å²) in [4.78, 5) is 29.2. The van der Waals surface area contributed by atoms with E-state index in [-0.39, 0.29) is 24.1 Å². The van der Waals surface area contributed by atoms with E-state index in [0.717, 1.165) is 16.8 Å². The van der Waals surface area contributed by atoms with E-state index in [2.05, 4.69) is 10.3 Å². The van der Waals surface area contributed by atoms with Crippen molar-refractivity contribution < 1.29 is 9.72 Å². The van der Waals surface area contributed by atoms with Gasteiger partial charge in [0.2, 0.25) is 17.4 Å². The maximum Gasteiger partial charge on any atom is 0.372 e. The summed E-state index contributed by atoms with van der Waals surface area (Å²) in [6.07, 6.45) is 1.58. The van der Waals surface area contributed by atoms with E-state index in [1.54, 1.807) is 31.4 Å². The van der Waals surface area contributed by atoms with Crippen LogP contribution in [0.25, 0.3) is 5.65 Å². The first-order chi connectivity index (χ1) is 12.4. The van der Waals surface area contributed by atoms with Crippen LogP contribution in [0.3, 0.4) is 0 Å². The van der Waals surface area contributed by atoms with Crippen LogP contribution in [0.2, 0.25) is 0 Å². The Balaban J connectivity index is 1.84. The number of nitro groups is 1. The Morgan fingerprint density at radius 2 is 2.04 bits per heavy atom. The lowest BCUT2D eigenvalue weighted by Crippen LogP contribution is -2.31. The molecule has 0 radical (unpaired) electrons. The van der Waals surface area contributed by atoms with E-state index < -0.39 is 4.92 Å². The second-order valence-corrected chi connectivity index (χ2v) is 6.10. The monoisotopic (exact) mass is 353 g/mol. The van der Waals surface area contributed by atoms with Gasteiger partial charge in [0, 0.05) is 18.8 Å². The summed E-state index contributed by atoms with van der Waals surface area (Å²) in [5.41, 5.74) is 3.25. The van der Waals surface area contributed by atoms with Crippen LogP contribution in [0, 0.1) is 24.0 Å². The molecular formula is C18H19N5O3. The van der Waals surface area contributed by atoms with E-state index in [9.17, 15) is 14.9 Å². The van der Waals surface area contributed by atoms with Crippen LogP contribution < -0.4 is 10.2 Å². The Morgan fingerprint density at radius 3 is 2.77 bits per heavy atom. The molecule has 0 saturated carbocycles. The molecule has 1 amide bonds. The molecule has 3 aromatic rings. The van der Waals surface area contributed by atoms with Crippen molar-refractivity contribution in [1.29, 1.82) is 0 Å². The van der Waals surface area contributed by atoms with Crippen LogP contribution in [0.15, 0.2) is 42.6 Å². The van der Waals surface area contributed by atoms with Crippen LogP contribution >= 0.6 is 0 Å². The largest absolute Gasteiger partial charge is 0.372 e. The van der Waals surface area contributed by atoms with E-state index in [1.807, 2.05) is 32.0 Å². The van der Waals surface area contributed by atoms with E-state index in [0.29, 0.717) is 5.65 Å². The number of amides is 1. The van der Waals surface area contributed by atoms with Gasteiger partial charge in [0.15, 0.2) is 0 Å². The third-order valence-corrected chi connectivity index (χ3v) is 4.28. The standard InChI is InChI=1S/C18H19N5O3/c1-12-7-6-8-14(13(12)2)19-16(24)11-21(3)17-18(23(25)26)22-10-5-4-9-15(22)20-17/h4-10H,11H2,1-3H3,(H,19,24). The Morgan fingerprint density at radius 1 is 1.27 bits per heavy atom. The number of nitrogens with zero attached hydrogens (tertiary/aromatic N) is 4. The number of fused-ring (bicyclic) bond motifs is 1. The first kappa shape index (κ1) is 17.4. The normalized spacial score (nSPS) is 10.7. The van der Waals surface area contributed by atoms with Gasteiger partial charge in [0.1, 0.15) is 0 Å². The van der Waals surface area contributed by atoms with Crippen molar-refractivity contribution in [3.63, 3.8) is 0 Å². The molecule has 0 atom stereocenters. The zero-order chi connectivity index (χ0) is 18.8. The zero-order valence-corrected chi connectivity index (χ0v) is 14.8. The van der Waals surface area contributed by atoms with Crippen molar-refractivity contribution >= 4 is 28.9 Å². The fraction of sp³-hybridized carbons (Fsp3) is 0.222. The molecule has 0 aliphatic heterocycles. The Kier molecular flexibility index (Phi) is 4.57. The average Bonchev–Trinajstić information content (AvgIpc) is 2.99. The second-order valence-electron chi connectivity index (χ2n) is 6.10. The van der Waals surface area contributed by atoms with E-state index >= 15 is 0 Å². The average molecular weight is 353 g/mol. The predicted octanol–water partition coefficient (Wildman–Crippen LogP) is 2.93. The molecule has 8 nitrogen and oxygen atoms in total. The lowest BCUT2D eigenvalue weighted by atomic mass is 10.1. The topological polar surface area (TPSA) is 92.8 Å². The van der Waals surface area contributed by atoms with Crippen molar-refractivity contribution in [3.05, 3.63) is 63.8 Å². The number of hydrogen-bond donors (Lipinski definition) is 1. The highest BCUT2D eigenvalue weighted by Gasteiger charge is 2.26. The van der Waals surface area contributed by atoms with Crippen LogP contribution in [-0.4, -0.2) is 33.8 Å². The highest BCUT2D eigenvalue weighted by atomic mass is 16.6. The third-order valence-electron chi connectivity index (χ3n) is 4.28. The maximum absolute atomic E-state index is 12.4. The van der Waals surface area contributed by atoms with Crippen LogP contribution in [-0.2, 0) is 4.79 Å². The number of hydrogen-bond acceptors (Lipinski definition) is 5. The molecule has 8 heteroatoms. The fourth-order valence-electron chi connectivity index (χ4n) is 2.76. The minimum atomic E-state index is -0.492. The number of rotatable bonds is 5. The number of carbonyl (C=O) groups excluding carboxylic acids is 1. The number of imidazole rings is 1. The maximum atomic E-state index is 12.4. The number of aryl methyl sites for hydroxylation is 1. The molecule has 26 heavy (non-hydrogen) atoms. The summed E-state index contributed by atoms with van der Waals surface area (Å²) in [6, 6.07) is 10.8. The third kappa shape index (κ3) is 3.21. The van der Waals surface area contributed by atoms with Gasteiger partial charge in [0.25, 0.3) is 0 Å². The molecular weight excluding hydrogens is 334 g/mol. The number of anilines is 2. The molecule has 0 aliphatic carbocycles. The molecule has 3 rings (SSSR count). The first-order valence-corrected chi connectivity index (χ1v) is 8.07. The molecule has 134 valence electrons. The highest BCUT2D eigenvalue weighted by molar-refractivity contribution is 5.95. The lowest BCUT2D eigenvalue weighted by molar-refractivity contribution is -0.389. The van der Waals surface area contributed by atoms with Crippen molar-refractivity contribution in [2.24, 2.45) is 0 Å². The molecule has 0 saturated heterocycles. The summed E-state index contributed by atoms with van der Waals surface area (Å²) in [6.45, 7) is 3.84. The van der Waals surface area contributed by atoms with Gasteiger partial charge in [-0.3, -0.25) is 4.79 Å². The molecule has 0 fully saturated rings. The Bertz CT molecular complexity index is 996. The predicted molar refractivity (Wildman–Crippen MR) is 99.7 cm³/mol. The van der Waals surface area contributed by atoms with Gasteiger partial charge >= 0.3 is 5.82 Å². The van der Waals surface area contributed by atoms with Crippen molar-refractivity contribution in [1.82, 2.24) is 9.38 Å². The van der Waals surface area contributed by atoms with Crippen molar-refractivity contribution in [2.75, 3.05) is 23.8 Å². The molecule has 2 heterocycles. The summed E-state index contributed by atoms with van der Waals surface area (Å²) < 4.78 is 1.40. The number of aromatic nitrogens is 2. The number of pyridine rings is 1. The van der Waals surface area contributed by atoms with Crippen molar-refractivity contribution in [2.45, 2.75) is 13.8 Å². The molecule has 1 aromatic carbocycles. The first-order valence-electron chi connectivity index (χ1n) is 8.07. The summed E-state index contributed by atoms with van der Waals surface area (Å²) >= 11 is 0. The molecule has 0 spiro atoms. The highest BCUT2D eigenvalue weighted by Crippen LogP contribution is 2.28. The minimum absolute atomic E-state index is 0.0574. The number of carbonyl (C=O) groups is 1. The summed E-state index contributed by atoms with van der Waals surface area (Å²) in [7, 11) is 1.61. The molecule has 0 unspecified atom stereocenters. The van der Waals surface area contributed by atoms with Gasteiger partial charge in [-0.15, -0.1) is 0 Å². The SMILES string of the molecule is Cc1cccc(NC(=O)CN(C)c2nc3ccccn3c2[N+](=O)[O-])c1C. The van der Waals surface area contributed by atoms with Crippen LogP contribution in [0.4, 0.5) is 17.3 Å². The number of likely N-dealkylation sites (N-methyl/N-ethyl adjacent to an activating group) is 1. The van der Waals surface area contributed by atoms with Gasteiger partial charge in [0.05, 0.1) is 12.7 Å². The summed E-state index contributed by atoms with van der Waals surface area (Å²) in [5, 5.41) is 14.3. The fourth-order valence-corrected chi connectivity index (χ4v) is 2.76. The van der Waals surface area contributed by atoms with Gasteiger partial charge in [-0.1, -0.05) is 18.2 Å². The molecule has 2 aromatic heterocycles.